The Morgan fingerprint density at radius 2 is 1.64 bits per heavy atom. The van der Waals surface area contributed by atoms with Gasteiger partial charge in [0.1, 0.15) is 5.60 Å². The van der Waals surface area contributed by atoms with Crippen molar-refractivity contribution in [2.24, 2.45) is 5.92 Å². The molecule has 0 spiro atoms. The van der Waals surface area contributed by atoms with Crippen LogP contribution < -0.4 is 5.32 Å². The topological polar surface area (TPSA) is 44.8 Å². The molecule has 1 unspecified atom stereocenters. The number of likely N-dealkylation sites (tertiary alicyclic amines) is 2. The van der Waals surface area contributed by atoms with E-state index in [1.54, 1.807) is 0 Å². The zero-order valence-electron chi connectivity index (χ0n) is 17.0. The minimum Gasteiger partial charge on any atom is -0.444 e. The Labute approximate surface area is 154 Å². The van der Waals surface area contributed by atoms with Gasteiger partial charge in [-0.25, -0.2) is 4.79 Å². The summed E-state index contributed by atoms with van der Waals surface area (Å²) in [5.74, 6) is 0.755. The number of hydrogen-bond acceptors (Lipinski definition) is 4. The molecule has 0 aromatic heterocycles. The van der Waals surface area contributed by atoms with Crippen molar-refractivity contribution in [1.29, 1.82) is 0 Å². The fraction of sp³-hybridized carbons (Fsp3) is 0.950. The number of nitrogens with one attached hydrogen (secondary N) is 1. The molecule has 1 amide bonds. The maximum absolute atomic E-state index is 12.3. The molecule has 0 bridgehead atoms. The standard InChI is InChI=1S/C20H39N3O2/c1-16(2)15-22-12-8-18(9-13-22)21-17-7-6-11-23(14-10-17)19(24)25-20(3,4)5/h16-18,21H,6-15H2,1-5H3. The second kappa shape index (κ2) is 9.22. The summed E-state index contributed by atoms with van der Waals surface area (Å²) in [5, 5.41) is 3.87. The molecule has 1 N–H and O–H groups in total. The number of carbonyl (C=O) groups is 1. The number of ether oxygens (including phenoxy) is 1. The molecule has 0 saturated carbocycles. The van der Waals surface area contributed by atoms with Crippen molar-refractivity contribution < 1.29 is 9.53 Å². The summed E-state index contributed by atoms with van der Waals surface area (Å²) < 4.78 is 5.52. The van der Waals surface area contributed by atoms with Crippen molar-refractivity contribution in [2.75, 3.05) is 32.7 Å². The van der Waals surface area contributed by atoms with Crippen LogP contribution in [0.2, 0.25) is 0 Å². The van der Waals surface area contributed by atoms with Gasteiger partial charge in [-0.3, -0.25) is 0 Å². The van der Waals surface area contributed by atoms with E-state index in [-0.39, 0.29) is 6.09 Å². The summed E-state index contributed by atoms with van der Waals surface area (Å²) in [7, 11) is 0. The van der Waals surface area contributed by atoms with Crippen molar-refractivity contribution >= 4 is 6.09 Å². The summed E-state index contributed by atoms with van der Waals surface area (Å²) >= 11 is 0. The van der Waals surface area contributed by atoms with Gasteiger partial charge in [-0.15, -0.1) is 0 Å². The normalized spacial score (nSPS) is 24.4. The van der Waals surface area contributed by atoms with Crippen LogP contribution in [0.3, 0.4) is 0 Å². The average Bonchev–Trinajstić information content (AvgIpc) is 2.73. The first-order chi connectivity index (χ1) is 11.7. The predicted octanol–water partition coefficient (Wildman–Crippen LogP) is 3.49. The largest absolute Gasteiger partial charge is 0.444 e. The highest BCUT2D eigenvalue weighted by Gasteiger charge is 2.27. The highest BCUT2D eigenvalue weighted by Crippen LogP contribution is 2.18. The minimum absolute atomic E-state index is 0.157. The SMILES string of the molecule is CC(C)CN1CCC(NC2CCCN(C(=O)OC(C)(C)C)CC2)CC1. The molecule has 5 nitrogen and oxygen atoms in total. The molecule has 0 aromatic rings. The Morgan fingerprint density at radius 3 is 2.24 bits per heavy atom. The van der Waals surface area contributed by atoms with Gasteiger partial charge >= 0.3 is 6.09 Å². The smallest absolute Gasteiger partial charge is 0.410 e. The lowest BCUT2D eigenvalue weighted by molar-refractivity contribution is 0.0255. The number of nitrogens with zero attached hydrogens (tertiary/aromatic N) is 2. The van der Waals surface area contributed by atoms with Gasteiger partial charge in [0.25, 0.3) is 0 Å². The molecule has 2 heterocycles. The third kappa shape index (κ3) is 7.53. The van der Waals surface area contributed by atoms with Crippen LogP contribution in [-0.2, 0) is 4.74 Å². The molecular weight excluding hydrogens is 314 g/mol. The molecule has 2 aliphatic rings. The van der Waals surface area contributed by atoms with Crippen molar-refractivity contribution in [3.05, 3.63) is 0 Å². The predicted molar refractivity (Wildman–Crippen MR) is 103 cm³/mol. The minimum atomic E-state index is -0.412. The van der Waals surface area contributed by atoms with E-state index in [4.69, 9.17) is 4.74 Å². The van der Waals surface area contributed by atoms with Crippen LogP contribution >= 0.6 is 0 Å². The number of amides is 1. The zero-order valence-corrected chi connectivity index (χ0v) is 17.0. The quantitative estimate of drug-likeness (QED) is 0.840. The van der Waals surface area contributed by atoms with E-state index in [2.05, 4.69) is 24.1 Å². The number of hydrogen-bond donors (Lipinski definition) is 1. The first-order valence-corrected chi connectivity index (χ1v) is 10.2. The first kappa shape index (κ1) is 20.5. The molecule has 146 valence electrons. The van der Waals surface area contributed by atoms with Crippen LogP contribution in [0.15, 0.2) is 0 Å². The van der Waals surface area contributed by atoms with E-state index >= 15 is 0 Å². The number of carbonyl (C=O) groups excluding carboxylic acids is 1. The van der Waals surface area contributed by atoms with E-state index < -0.39 is 5.60 Å². The fourth-order valence-electron chi connectivity index (χ4n) is 3.90. The highest BCUT2D eigenvalue weighted by molar-refractivity contribution is 5.68. The second-order valence-electron chi connectivity index (χ2n) is 9.23. The molecule has 2 saturated heterocycles. The van der Waals surface area contributed by atoms with E-state index in [0.717, 1.165) is 38.3 Å². The van der Waals surface area contributed by atoms with Crippen LogP contribution in [-0.4, -0.2) is 66.3 Å². The van der Waals surface area contributed by atoms with Gasteiger partial charge in [-0.1, -0.05) is 13.8 Å². The third-order valence-electron chi connectivity index (χ3n) is 5.06. The molecule has 5 heteroatoms. The number of piperidine rings is 1. The van der Waals surface area contributed by atoms with Crippen LogP contribution in [0, 0.1) is 5.92 Å². The fourth-order valence-corrected chi connectivity index (χ4v) is 3.90. The summed E-state index contributed by atoms with van der Waals surface area (Å²) in [6, 6.07) is 1.18. The molecule has 0 radical (unpaired) electrons. The van der Waals surface area contributed by atoms with Crippen molar-refractivity contribution in [2.45, 2.75) is 84.4 Å². The maximum atomic E-state index is 12.3. The van der Waals surface area contributed by atoms with E-state index in [9.17, 15) is 4.79 Å². The molecule has 1 atom stereocenters. The van der Waals surface area contributed by atoms with Gasteiger partial charge < -0.3 is 19.9 Å². The lowest BCUT2D eigenvalue weighted by Crippen LogP contribution is -2.47. The Bertz CT molecular complexity index is 412. The lowest BCUT2D eigenvalue weighted by atomic mass is 10.0. The van der Waals surface area contributed by atoms with E-state index in [1.807, 2.05) is 25.7 Å². The monoisotopic (exact) mass is 353 g/mol. The van der Waals surface area contributed by atoms with Gasteiger partial charge in [-0.05, 0) is 71.9 Å². The first-order valence-electron chi connectivity index (χ1n) is 10.2. The third-order valence-corrected chi connectivity index (χ3v) is 5.06. The van der Waals surface area contributed by atoms with Crippen molar-refractivity contribution in [3.63, 3.8) is 0 Å². The molecule has 0 aromatic carbocycles. The molecule has 2 rings (SSSR count). The van der Waals surface area contributed by atoms with Gasteiger partial charge in [0.05, 0.1) is 0 Å². The zero-order chi connectivity index (χ0) is 18.4. The molecule has 2 aliphatic heterocycles. The van der Waals surface area contributed by atoms with E-state index in [0.29, 0.717) is 12.1 Å². The number of rotatable bonds is 4. The Balaban J connectivity index is 1.72. The lowest BCUT2D eigenvalue weighted by Gasteiger charge is -2.35. The van der Waals surface area contributed by atoms with Crippen LogP contribution in [0.4, 0.5) is 4.79 Å². The van der Waals surface area contributed by atoms with E-state index in [1.165, 1.54) is 32.5 Å². The molecule has 2 fully saturated rings. The van der Waals surface area contributed by atoms with Crippen molar-refractivity contribution in [1.82, 2.24) is 15.1 Å². The summed E-state index contributed by atoms with van der Waals surface area (Å²) in [6.07, 6.45) is 5.59. The van der Waals surface area contributed by atoms with Crippen LogP contribution in [0.25, 0.3) is 0 Å². The van der Waals surface area contributed by atoms with Gasteiger partial charge in [0.2, 0.25) is 0 Å². The molecule has 25 heavy (non-hydrogen) atoms. The summed E-state index contributed by atoms with van der Waals surface area (Å²) in [4.78, 5) is 16.7. The summed E-state index contributed by atoms with van der Waals surface area (Å²) in [5.41, 5.74) is -0.412. The van der Waals surface area contributed by atoms with Gasteiger partial charge in [-0.2, -0.15) is 0 Å². The molecular formula is C20H39N3O2. The summed E-state index contributed by atoms with van der Waals surface area (Å²) in [6.45, 7) is 15.7. The van der Waals surface area contributed by atoms with Crippen molar-refractivity contribution in [3.8, 4) is 0 Å². The Hall–Kier alpha value is -0.810. The Kier molecular flexibility index (Phi) is 7.56. The average molecular weight is 354 g/mol. The maximum Gasteiger partial charge on any atom is 0.410 e. The highest BCUT2D eigenvalue weighted by atomic mass is 16.6. The second-order valence-corrected chi connectivity index (χ2v) is 9.23. The Morgan fingerprint density at radius 1 is 1.04 bits per heavy atom. The van der Waals surface area contributed by atoms with Gasteiger partial charge in [0.15, 0.2) is 0 Å². The molecule has 0 aliphatic carbocycles. The van der Waals surface area contributed by atoms with Gasteiger partial charge in [0, 0.05) is 31.7 Å². The van der Waals surface area contributed by atoms with Crippen LogP contribution in [0.1, 0.15) is 66.7 Å². The van der Waals surface area contributed by atoms with Crippen LogP contribution in [0.5, 0.6) is 0 Å².